The standard InChI is InChI=1S/C23H28F3N7O.CH2O2/c1-2-15-13-34-9-8-33(15)19-6-5-16-17(11-28-21(16)31-19)20-18(23(24,25)26)12-29-22(32-20)30-14-4-3-7-27-10-14;2-1-3/h5-6,11-12,14-15,27H,2-4,7-10,13H2,1H3,(H,28,31)(H,29,30,32);1H,(H,2,3)/t14-,15-;/m0./s1. The summed E-state index contributed by atoms with van der Waals surface area (Å²) in [5.74, 6) is 0.969. The minimum absolute atomic E-state index is 0.0746. The lowest BCUT2D eigenvalue weighted by Gasteiger charge is -2.36. The van der Waals surface area contributed by atoms with Crippen molar-refractivity contribution in [1.82, 2.24) is 25.3 Å². The summed E-state index contributed by atoms with van der Waals surface area (Å²) < 4.78 is 47.2. The van der Waals surface area contributed by atoms with Crippen LogP contribution in [0.5, 0.6) is 0 Å². The van der Waals surface area contributed by atoms with E-state index in [-0.39, 0.29) is 30.2 Å². The zero-order chi connectivity index (χ0) is 26.4. The highest BCUT2D eigenvalue weighted by atomic mass is 19.4. The molecule has 13 heteroatoms. The molecule has 4 N–H and O–H groups in total. The van der Waals surface area contributed by atoms with Gasteiger partial charge in [0.2, 0.25) is 5.95 Å². The molecule has 2 aliphatic rings. The summed E-state index contributed by atoms with van der Waals surface area (Å²) in [7, 11) is 0. The summed E-state index contributed by atoms with van der Waals surface area (Å²) in [6.07, 6.45) is 0.635. The predicted octanol–water partition coefficient (Wildman–Crippen LogP) is 3.52. The van der Waals surface area contributed by atoms with E-state index in [1.165, 1.54) is 0 Å². The Labute approximate surface area is 211 Å². The summed E-state index contributed by atoms with van der Waals surface area (Å²) in [5.41, 5.74) is -0.161. The van der Waals surface area contributed by atoms with Gasteiger partial charge in [0.05, 0.1) is 24.9 Å². The van der Waals surface area contributed by atoms with E-state index in [9.17, 15) is 13.2 Å². The number of hydrogen-bond donors (Lipinski definition) is 4. The number of rotatable bonds is 5. The molecule has 0 amide bonds. The monoisotopic (exact) mass is 521 g/mol. The second-order valence-corrected chi connectivity index (χ2v) is 8.85. The van der Waals surface area contributed by atoms with Gasteiger partial charge in [-0.1, -0.05) is 6.92 Å². The molecule has 2 aliphatic heterocycles. The molecule has 3 aromatic rings. The van der Waals surface area contributed by atoms with E-state index in [4.69, 9.17) is 19.6 Å². The number of aromatic nitrogens is 4. The molecule has 0 unspecified atom stereocenters. The van der Waals surface area contributed by atoms with Crippen molar-refractivity contribution in [2.45, 2.75) is 44.4 Å². The van der Waals surface area contributed by atoms with Crippen LogP contribution in [0.2, 0.25) is 0 Å². The van der Waals surface area contributed by atoms with E-state index in [1.807, 2.05) is 12.1 Å². The Balaban J connectivity index is 0.00000102. The maximum Gasteiger partial charge on any atom is 0.419 e. The third kappa shape index (κ3) is 6.10. The highest BCUT2D eigenvalue weighted by molar-refractivity contribution is 5.94. The van der Waals surface area contributed by atoms with Gasteiger partial charge < -0.3 is 30.4 Å². The Bertz CT molecular complexity index is 1200. The van der Waals surface area contributed by atoms with E-state index in [0.717, 1.165) is 50.9 Å². The Kier molecular flexibility index (Phi) is 8.44. The van der Waals surface area contributed by atoms with E-state index in [1.54, 1.807) is 6.20 Å². The summed E-state index contributed by atoms with van der Waals surface area (Å²) >= 11 is 0. The smallest absolute Gasteiger partial charge is 0.419 e. The summed E-state index contributed by atoms with van der Waals surface area (Å²) in [6, 6.07) is 3.96. The van der Waals surface area contributed by atoms with Crippen molar-refractivity contribution in [2.24, 2.45) is 0 Å². The van der Waals surface area contributed by atoms with Gasteiger partial charge in [-0.15, -0.1) is 0 Å². The van der Waals surface area contributed by atoms with Crippen molar-refractivity contribution >= 4 is 29.3 Å². The van der Waals surface area contributed by atoms with Crippen LogP contribution >= 0.6 is 0 Å². The van der Waals surface area contributed by atoms with E-state index in [2.05, 4.69) is 37.4 Å². The zero-order valence-corrected chi connectivity index (χ0v) is 20.4. The normalized spacial score (nSPS) is 20.3. The number of carboxylic acid groups (broad SMARTS) is 1. The fourth-order valence-electron chi connectivity index (χ4n) is 4.67. The quantitative estimate of drug-likeness (QED) is 0.373. The molecule has 2 atom stereocenters. The van der Waals surface area contributed by atoms with E-state index in [0.29, 0.717) is 29.8 Å². The largest absolute Gasteiger partial charge is 0.483 e. The fraction of sp³-hybridized carbons (Fsp3) is 0.500. The van der Waals surface area contributed by atoms with Gasteiger partial charge in [-0.25, -0.2) is 15.0 Å². The molecule has 10 nitrogen and oxygen atoms in total. The number of carbonyl (C=O) groups is 1. The van der Waals surface area contributed by atoms with Crippen molar-refractivity contribution in [2.75, 3.05) is 43.1 Å². The lowest BCUT2D eigenvalue weighted by molar-refractivity contribution is -0.137. The van der Waals surface area contributed by atoms with Crippen LogP contribution in [0, 0.1) is 0 Å². The molecule has 0 saturated carbocycles. The van der Waals surface area contributed by atoms with Gasteiger partial charge in [0, 0.05) is 42.5 Å². The lowest BCUT2D eigenvalue weighted by atomic mass is 10.1. The van der Waals surface area contributed by atoms with Gasteiger partial charge in [-0.3, -0.25) is 4.79 Å². The Morgan fingerprint density at radius 1 is 1.32 bits per heavy atom. The maximum atomic E-state index is 13.9. The van der Waals surface area contributed by atoms with Gasteiger partial charge in [0.1, 0.15) is 17.0 Å². The SMILES string of the molecule is CC[C@H]1COCCN1c1ccc2c(-c3nc(N[C@H]4CCCNC4)ncc3C(F)(F)F)c[nH]c2n1.O=CO. The number of anilines is 2. The van der Waals surface area contributed by atoms with Gasteiger partial charge >= 0.3 is 6.18 Å². The van der Waals surface area contributed by atoms with Gasteiger partial charge in [-0.05, 0) is 37.9 Å². The molecular weight excluding hydrogens is 491 g/mol. The minimum atomic E-state index is -4.58. The van der Waals surface area contributed by atoms with E-state index >= 15 is 0 Å². The van der Waals surface area contributed by atoms with Crippen LogP contribution in [0.25, 0.3) is 22.3 Å². The number of nitrogens with zero attached hydrogens (tertiary/aromatic N) is 4. The first-order valence-corrected chi connectivity index (χ1v) is 12.2. The molecular formula is C24H30F3N7O3. The molecule has 0 aromatic carbocycles. The van der Waals surface area contributed by atoms with Crippen LogP contribution in [-0.4, -0.2) is 76.4 Å². The Morgan fingerprint density at radius 2 is 2.14 bits per heavy atom. The predicted molar refractivity (Wildman–Crippen MR) is 133 cm³/mol. The molecule has 0 bridgehead atoms. The molecule has 0 spiro atoms. The molecule has 2 fully saturated rings. The number of pyridine rings is 1. The lowest BCUT2D eigenvalue weighted by Crippen LogP contribution is -2.45. The number of hydrogen-bond acceptors (Lipinski definition) is 8. The average molecular weight is 522 g/mol. The summed E-state index contributed by atoms with van der Waals surface area (Å²) in [5, 5.41) is 13.9. The van der Waals surface area contributed by atoms with Crippen molar-refractivity contribution in [1.29, 1.82) is 0 Å². The highest BCUT2D eigenvalue weighted by Crippen LogP contribution is 2.39. The number of H-pyrrole nitrogens is 1. The molecule has 0 radical (unpaired) electrons. The second-order valence-electron chi connectivity index (χ2n) is 8.85. The number of ether oxygens (including phenoxy) is 1. The first kappa shape index (κ1) is 26.6. The van der Waals surface area contributed by atoms with Crippen LogP contribution in [0.15, 0.2) is 24.5 Å². The molecule has 5 heterocycles. The Morgan fingerprint density at radius 3 is 2.84 bits per heavy atom. The maximum absolute atomic E-state index is 13.9. The molecule has 200 valence electrons. The minimum Gasteiger partial charge on any atom is -0.483 e. The van der Waals surface area contributed by atoms with Crippen molar-refractivity contribution in [3.05, 3.63) is 30.1 Å². The van der Waals surface area contributed by atoms with Gasteiger partial charge in [-0.2, -0.15) is 13.2 Å². The third-order valence-corrected chi connectivity index (χ3v) is 6.50. The topological polar surface area (TPSA) is 128 Å². The molecule has 0 aliphatic carbocycles. The second kappa shape index (κ2) is 11.7. The number of alkyl halides is 3. The molecule has 37 heavy (non-hydrogen) atoms. The number of nitrogens with one attached hydrogen (secondary N) is 3. The fourth-order valence-corrected chi connectivity index (χ4v) is 4.67. The number of morpholine rings is 1. The van der Waals surface area contributed by atoms with Crippen LogP contribution in [0.4, 0.5) is 24.9 Å². The van der Waals surface area contributed by atoms with Crippen LogP contribution in [-0.2, 0) is 15.7 Å². The third-order valence-electron chi connectivity index (χ3n) is 6.50. The first-order chi connectivity index (χ1) is 17.9. The summed E-state index contributed by atoms with van der Waals surface area (Å²) in [6.45, 7) is 5.48. The van der Waals surface area contributed by atoms with Crippen LogP contribution in [0.3, 0.4) is 0 Å². The number of piperidine rings is 1. The number of halogens is 3. The first-order valence-electron chi connectivity index (χ1n) is 12.2. The number of aromatic amines is 1. The number of fused-ring (bicyclic) bond motifs is 1. The highest BCUT2D eigenvalue weighted by Gasteiger charge is 2.36. The van der Waals surface area contributed by atoms with Crippen molar-refractivity contribution in [3.63, 3.8) is 0 Å². The molecule has 5 rings (SSSR count). The molecule has 3 aromatic heterocycles. The van der Waals surface area contributed by atoms with Gasteiger partial charge in [0.25, 0.3) is 6.47 Å². The summed E-state index contributed by atoms with van der Waals surface area (Å²) in [4.78, 5) is 26.6. The van der Waals surface area contributed by atoms with Crippen LogP contribution < -0.4 is 15.5 Å². The zero-order valence-electron chi connectivity index (χ0n) is 20.4. The van der Waals surface area contributed by atoms with Crippen molar-refractivity contribution in [3.8, 4) is 11.3 Å². The average Bonchev–Trinajstić information content (AvgIpc) is 3.32. The van der Waals surface area contributed by atoms with Crippen LogP contribution in [0.1, 0.15) is 31.7 Å². The van der Waals surface area contributed by atoms with E-state index < -0.39 is 11.7 Å². The van der Waals surface area contributed by atoms with Gasteiger partial charge in [0.15, 0.2) is 0 Å². The molecule has 2 saturated heterocycles. The Hall–Kier alpha value is -3.45. The van der Waals surface area contributed by atoms with Crippen molar-refractivity contribution < 1.29 is 27.8 Å².